The predicted molar refractivity (Wildman–Crippen MR) is 115 cm³/mol. The smallest absolute Gasteiger partial charge is 0.241 e. The lowest BCUT2D eigenvalue weighted by molar-refractivity contribution is -0.140. The molecule has 4 aromatic rings. The number of carbonyl (C=O) groups excluding carboxylic acids is 2. The summed E-state index contributed by atoms with van der Waals surface area (Å²) in [6, 6.07) is 25.4. The molecule has 3 aromatic carbocycles. The molecule has 1 fully saturated rings. The normalized spacial score (nSPS) is 19.0. The van der Waals surface area contributed by atoms with Gasteiger partial charge in [-0.2, -0.15) is 5.10 Å². The molecule has 2 amide bonds. The number of nitrogens with one attached hydrogen (secondary N) is 1. The molecular formula is C25H21N3O2. The molecule has 1 aliphatic heterocycles. The number of aromatic amines is 1. The van der Waals surface area contributed by atoms with Crippen molar-refractivity contribution in [3.63, 3.8) is 0 Å². The van der Waals surface area contributed by atoms with Gasteiger partial charge in [-0.15, -0.1) is 0 Å². The van der Waals surface area contributed by atoms with Crippen LogP contribution in [-0.2, 0) is 28.0 Å². The molecule has 0 saturated carbocycles. The van der Waals surface area contributed by atoms with E-state index >= 15 is 0 Å². The van der Waals surface area contributed by atoms with E-state index in [1.165, 1.54) is 4.90 Å². The van der Waals surface area contributed by atoms with Crippen molar-refractivity contribution in [2.24, 2.45) is 0 Å². The van der Waals surface area contributed by atoms with Crippen molar-refractivity contribution < 1.29 is 9.59 Å². The summed E-state index contributed by atoms with van der Waals surface area (Å²) in [4.78, 5) is 28.3. The Balaban J connectivity index is 1.59. The highest BCUT2D eigenvalue weighted by Crippen LogP contribution is 2.41. The Morgan fingerprint density at radius 3 is 2.33 bits per heavy atom. The fourth-order valence-corrected chi connectivity index (χ4v) is 4.38. The van der Waals surface area contributed by atoms with Gasteiger partial charge in [0.15, 0.2) is 0 Å². The first kappa shape index (κ1) is 18.3. The standard InChI is InChI=1S/C25H21N3O2/c29-23-15-25(14-18-7-3-1-4-8-18,21-11-12-22-20(13-21)16-26-27-22)24(30)28(23)17-19-9-5-2-6-10-19/h1-13,16H,14-15,17H2,(H,26,27)/t25-/m1/s1. The van der Waals surface area contributed by atoms with Crippen molar-refractivity contribution in [3.8, 4) is 0 Å². The van der Waals surface area contributed by atoms with Gasteiger partial charge in [0.05, 0.1) is 23.7 Å². The number of fused-ring (bicyclic) bond motifs is 1. The van der Waals surface area contributed by atoms with Crippen molar-refractivity contribution in [1.82, 2.24) is 15.1 Å². The maximum Gasteiger partial charge on any atom is 0.241 e. The number of hydrogen-bond donors (Lipinski definition) is 1. The molecular weight excluding hydrogens is 374 g/mol. The Morgan fingerprint density at radius 1 is 0.900 bits per heavy atom. The van der Waals surface area contributed by atoms with Crippen LogP contribution in [0.4, 0.5) is 0 Å². The van der Waals surface area contributed by atoms with E-state index in [0.29, 0.717) is 13.0 Å². The molecule has 5 nitrogen and oxygen atoms in total. The lowest BCUT2D eigenvalue weighted by atomic mass is 9.74. The van der Waals surface area contributed by atoms with E-state index in [1.54, 1.807) is 6.20 Å². The summed E-state index contributed by atoms with van der Waals surface area (Å²) < 4.78 is 0. The summed E-state index contributed by atoms with van der Waals surface area (Å²) in [5, 5.41) is 7.97. The predicted octanol–water partition coefficient (Wildman–Crippen LogP) is 4.00. The molecule has 5 rings (SSSR count). The second-order valence-electron chi connectivity index (χ2n) is 7.86. The van der Waals surface area contributed by atoms with E-state index in [4.69, 9.17) is 0 Å². The van der Waals surface area contributed by atoms with Crippen LogP contribution in [-0.4, -0.2) is 26.9 Å². The highest BCUT2D eigenvalue weighted by atomic mass is 16.2. The van der Waals surface area contributed by atoms with Gasteiger partial charge in [-0.05, 0) is 35.2 Å². The van der Waals surface area contributed by atoms with Gasteiger partial charge in [0, 0.05) is 11.8 Å². The molecule has 1 saturated heterocycles. The van der Waals surface area contributed by atoms with E-state index in [2.05, 4.69) is 10.2 Å². The second kappa shape index (κ2) is 7.26. The van der Waals surface area contributed by atoms with Crippen LogP contribution in [0.2, 0.25) is 0 Å². The minimum atomic E-state index is -0.918. The molecule has 0 aliphatic carbocycles. The Bertz CT molecular complexity index is 1220. The van der Waals surface area contributed by atoms with E-state index < -0.39 is 5.41 Å². The van der Waals surface area contributed by atoms with Crippen LogP contribution in [0.1, 0.15) is 23.1 Å². The summed E-state index contributed by atoms with van der Waals surface area (Å²) in [6.45, 7) is 0.295. The molecule has 30 heavy (non-hydrogen) atoms. The van der Waals surface area contributed by atoms with Gasteiger partial charge < -0.3 is 0 Å². The zero-order valence-electron chi connectivity index (χ0n) is 16.4. The highest BCUT2D eigenvalue weighted by Gasteiger charge is 2.52. The van der Waals surface area contributed by atoms with Gasteiger partial charge in [-0.3, -0.25) is 19.6 Å². The number of aromatic nitrogens is 2. The first-order chi connectivity index (χ1) is 14.7. The highest BCUT2D eigenvalue weighted by molar-refractivity contribution is 6.09. The third kappa shape index (κ3) is 3.08. The van der Waals surface area contributed by atoms with Gasteiger partial charge in [-0.25, -0.2) is 0 Å². The van der Waals surface area contributed by atoms with Crippen molar-refractivity contribution in [3.05, 3.63) is 102 Å². The minimum Gasteiger partial charge on any atom is -0.278 e. The molecule has 1 aliphatic rings. The van der Waals surface area contributed by atoms with Gasteiger partial charge in [0.25, 0.3) is 0 Å². The van der Waals surface area contributed by atoms with Crippen molar-refractivity contribution in [1.29, 1.82) is 0 Å². The monoisotopic (exact) mass is 395 g/mol. The lowest BCUT2D eigenvalue weighted by Gasteiger charge is -2.28. The molecule has 0 radical (unpaired) electrons. The largest absolute Gasteiger partial charge is 0.278 e. The van der Waals surface area contributed by atoms with Crippen LogP contribution in [0.15, 0.2) is 85.1 Å². The van der Waals surface area contributed by atoms with Gasteiger partial charge >= 0.3 is 0 Å². The number of likely N-dealkylation sites (tertiary alicyclic amines) is 1. The number of imide groups is 1. The third-order valence-electron chi connectivity index (χ3n) is 5.93. The van der Waals surface area contributed by atoms with Crippen molar-refractivity contribution >= 4 is 22.7 Å². The Labute approximate surface area is 174 Å². The molecule has 0 bridgehead atoms. The summed E-state index contributed by atoms with van der Waals surface area (Å²) in [7, 11) is 0. The second-order valence-corrected chi connectivity index (χ2v) is 7.86. The van der Waals surface area contributed by atoms with Gasteiger partial charge in [0.2, 0.25) is 11.8 Å². The number of rotatable bonds is 5. The third-order valence-corrected chi connectivity index (χ3v) is 5.93. The maximum absolute atomic E-state index is 13.8. The fourth-order valence-electron chi connectivity index (χ4n) is 4.38. The zero-order chi connectivity index (χ0) is 20.6. The fraction of sp³-hybridized carbons (Fsp3) is 0.160. The Kier molecular flexibility index (Phi) is 4.43. The number of amides is 2. The first-order valence-corrected chi connectivity index (χ1v) is 10.0. The van der Waals surface area contributed by atoms with Crippen LogP contribution >= 0.6 is 0 Å². The van der Waals surface area contributed by atoms with Crippen LogP contribution in [0.25, 0.3) is 10.9 Å². The number of hydrogen-bond acceptors (Lipinski definition) is 3. The lowest BCUT2D eigenvalue weighted by Crippen LogP contribution is -2.39. The molecule has 0 unspecified atom stereocenters. The molecule has 0 spiro atoms. The Morgan fingerprint density at radius 2 is 1.60 bits per heavy atom. The summed E-state index contributed by atoms with van der Waals surface area (Å²) in [5.74, 6) is -0.268. The number of benzene rings is 3. The van der Waals surface area contributed by atoms with E-state index in [0.717, 1.165) is 27.6 Å². The van der Waals surface area contributed by atoms with Crippen LogP contribution in [0.3, 0.4) is 0 Å². The minimum absolute atomic E-state index is 0.132. The van der Waals surface area contributed by atoms with Gasteiger partial charge in [0.1, 0.15) is 0 Å². The molecule has 5 heteroatoms. The van der Waals surface area contributed by atoms with Crippen molar-refractivity contribution in [2.45, 2.75) is 24.8 Å². The molecule has 1 atom stereocenters. The van der Waals surface area contributed by atoms with E-state index in [-0.39, 0.29) is 18.2 Å². The van der Waals surface area contributed by atoms with Crippen LogP contribution in [0.5, 0.6) is 0 Å². The molecule has 1 aromatic heterocycles. The van der Waals surface area contributed by atoms with Crippen molar-refractivity contribution in [2.75, 3.05) is 0 Å². The van der Waals surface area contributed by atoms with E-state index in [1.807, 2.05) is 78.9 Å². The number of H-pyrrole nitrogens is 1. The molecule has 2 heterocycles. The van der Waals surface area contributed by atoms with Gasteiger partial charge in [-0.1, -0.05) is 66.7 Å². The number of carbonyl (C=O) groups is 2. The van der Waals surface area contributed by atoms with E-state index in [9.17, 15) is 9.59 Å². The maximum atomic E-state index is 13.8. The summed E-state index contributed by atoms with van der Waals surface area (Å²) >= 11 is 0. The molecule has 148 valence electrons. The molecule has 1 N–H and O–H groups in total. The average Bonchev–Trinajstić information content (AvgIpc) is 3.34. The average molecular weight is 395 g/mol. The topological polar surface area (TPSA) is 66.1 Å². The summed E-state index contributed by atoms with van der Waals surface area (Å²) in [6.07, 6.45) is 2.39. The number of nitrogens with zero attached hydrogens (tertiary/aromatic N) is 2. The summed E-state index contributed by atoms with van der Waals surface area (Å²) in [5.41, 5.74) is 2.83. The SMILES string of the molecule is O=C1C[C@](Cc2ccccc2)(c2ccc3[nH]ncc3c2)C(=O)N1Cc1ccccc1. The first-order valence-electron chi connectivity index (χ1n) is 10.0. The Hall–Kier alpha value is -3.73. The quantitative estimate of drug-likeness (QED) is 0.520. The van der Waals surface area contributed by atoms with Crippen LogP contribution < -0.4 is 0 Å². The zero-order valence-corrected chi connectivity index (χ0v) is 16.4. The van der Waals surface area contributed by atoms with Crippen LogP contribution in [0, 0.1) is 0 Å².